The summed E-state index contributed by atoms with van der Waals surface area (Å²) in [6, 6.07) is 13.2. The van der Waals surface area contributed by atoms with Crippen molar-refractivity contribution >= 4 is 45.3 Å². The van der Waals surface area contributed by atoms with Crippen molar-refractivity contribution in [3.05, 3.63) is 54.6 Å². The second-order valence-corrected chi connectivity index (χ2v) is 8.12. The molecule has 2 aromatic carbocycles. The molecule has 2 aliphatic carbocycles. The maximum absolute atomic E-state index is 12.7. The van der Waals surface area contributed by atoms with Crippen LogP contribution < -0.4 is 5.32 Å². The van der Waals surface area contributed by atoms with E-state index < -0.39 is 0 Å². The number of imide groups is 1. The molecular weight excluding hydrogens is 368 g/mol. The van der Waals surface area contributed by atoms with Crippen molar-refractivity contribution in [1.29, 1.82) is 0 Å². The van der Waals surface area contributed by atoms with Crippen molar-refractivity contribution in [3.8, 4) is 0 Å². The third-order valence-corrected chi connectivity index (χ3v) is 6.53. The normalized spacial score (nSPS) is 27.4. The van der Waals surface area contributed by atoms with E-state index in [0.29, 0.717) is 11.3 Å². The fourth-order valence-corrected chi connectivity index (χ4v) is 5.27. The second-order valence-electron chi connectivity index (χ2n) is 8.12. The molecule has 0 spiro atoms. The van der Waals surface area contributed by atoms with Gasteiger partial charge in [-0.15, -0.1) is 0 Å². The van der Waals surface area contributed by atoms with Crippen LogP contribution in [0.1, 0.15) is 6.42 Å². The lowest BCUT2D eigenvalue weighted by Gasteiger charge is -2.16. The number of fused-ring (bicyclic) bond motifs is 8. The van der Waals surface area contributed by atoms with Crippen molar-refractivity contribution in [1.82, 2.24) is 4.90 Å². The van der Waals surface area contributed by atoms with Crippen molar-refractivity contribution < 1.29 is 18.8 Å². The summed E-state index contributed by atoms with van der Waals surface area (Å²) in [7, 11) is 0. The van der Waals surface area contributed by atoms with Crippen LogP contribution in [-0.2, 0) is 14.4 Å². The predicted molar refractivity (Wildman–Crippen MR) is 107 cm³/mol. The number of nitrogens with zero attached hydrogens (tertiary/aromatic N) is 1. The zero-order valence-corrected chi connectivity index (χ0v) is 15.5. The molecule has 6 heteroatoms. The monoisotopic (exact) mass is 386 g/mol. The van der Waals surface area contributed by atoms with E-state index in [-0.39, 0.29) is 47.9 Å². The summed E-state index contributed by atoms with van der Waals surface area (Å²) in [5.74, 6) is -1.08. The van der Waals surface area contributed by atoms with Crippen molar-refractivity contribution in [2.45, 2.75) is 6.42 Å². The molecule has 2 heterocycles. The van der Waals surface area contributed by atoms with Crippen LogP contribution >= 0.6 is 0 Å². The molecule has 2 fully saturated rings. The molecule has 29 heavy (non-hydrogen) atoms. The fraction of sp³-hybridized carbons (Fsp3) is 0.261. The van der Waals surface area contributed by atoms with Crippen molar-refractivity contribution in [2.24, 2.45) is 23.7 Å². The number of hydrogen-bond donors (Lipinski definition) is 1. The van der Waals surface area contributed by atoms with Gasteiger partial charge in [-0.1, -0.05) is 30.4 Å². The third-order valence-electron chi connectivity index (χ3n) is 6.53. The standard InChI is InChI=1S/C23H18N2O4/c26-19(11-25-22(27)20-12-5-6-13(9-12)21(20)23(25)28)24-14-7-8-16-15-3-1-2-4-17(15)29-18(16)10-14/h1-8,10,12-13,20-21H,9,11H2,(H,24,26)/t12-,13-,20+,21+/m0/s1. The summed E-state index contributed by atoms with van der Waals surface area (Å²) >= 11 is 0. The summed E-state index contributed by atoms with van der Waals surface area (Å²) < 4.78 is 5.85. The molecule has 144 valence electrons. The summed E-state index contributed by atoms with van der Waals surface area (Å²) in [5, 5.41) is 4.78. The summed E-state index contributed by atoms with van der Waals surface area (Å²) in [5.41, 5.74) is 2.03. The first-order chi connectivity index (χ1) is 14.1. The van der Waals surface area contributed by atoms with Gasteiger partial charge >= 0.3 is 0 Å². The average Bonchev–Trinajstić information content (AvgIpc) is 3.46. The zero-order chi connectivity index (χ0) is 19.7. The van der Waals surface area contributed by atoms with E-state index in [0.717, 1.165) is 27.7 Å². The minimum absolute atomic E-state index is 0.144. The maximum atomic E-state index is 12.7. The summed E-state index contributed by atoms with van der Waals surface area (Å²) in [4.78, 5) is 39.1. The van der Waals surface area contributed by atoms with Crippen LogP contribution in [0.15, 0.2) is 59.0 Å². The van der Waals surface area contributed by atoms with Gasteiger partial charge in [0.15, 0.2) is 0 Å². The zero-order valence-electron chi connectivity index (χ0n) is 15.5. The van der Waals surface area contributed by atoms with Crippen molar-refractivity contribution in [3.63, 3.8) is 0 Å². The van der Waals surface area contributed by atoms with Gasteiger partial charge in [0.05, 0.1) is 11.8 Å². The van der Waals surface area contributed by atoms with Crippen LogP contribution in [0.3, 0.4) is 0 Å². The van der Waals surface area contributed by atoms with Gasteiger partial charge in [0.25, 0.3) is 0 Å². The van der Waals surface area contributed by atoms with Crippen LogP contribution in [0.4, 0.5) is 5.69 Å². The minimum Gasteiger partial charge on any atom is -0.456 e. The number of likely N-dealkylation sites (tertiary alicyclic amines) is 1. The van der Waals surface area contributed by atoms with E-state index in [2.05, 4.69) is 5.32 Å². The lowest BCUT2D eigenvalue weighted by atomic mass is 9.85. The topological polar surface area (TPSA) is 79.6 Å². The van der Waals surface area contributed by atoms with E-state index in [1.807, 2.05) is 42.5 Å². The molecule has 1 N–H and O–H groups in total. The first-order valence-electron chi connectivity index (χ1n) is 9.85. The highest BCUT2D eigenvalue weighted by molar-refractivity contribution is 6.10. The Kier molecular flexibility index (Phi) is 3.30. The van der Waals surface area contributed by atoms with Gasteiger partial charge in [-0.3, -0.25) is 19.3 Å². The highest BCUT2D eigenvalue weighted by atomic mass is 16.3. The van der Waals surface area contributed by atoms with Gasteiger partial charge in [0, 0.05) is 22.5 Å². The number of carbonyl (C=O) groups excluding carboxylic acids is 3. The quantitative estimate of drug-likeness (QED) is 0.553. The lowest BCUT2D eigenvalue weighted by molar-refractivity contribution is -0.143. The molecule has 1 saturated carbocycles. The Balaban J connectivity index is 1.21. The average molecular weight is 386 g/mol. The van der Waals surface area contributed by atoms with E-state index in [4.69, 9.17) is 4.42 Å². The first kappa shape index (κ1) is 16.5. The van der Waals surface area contributed by atoms with Gasteiger partial charge in [-0.05, 0) is 36.5 Å². The van der Waals surface area contributed by atoms with E-state index in [1.54, 1.807) is 12.1 Å². The Morgan fingerprint density at radius 1 is 0.966 bits per heavy atom. The lowest BCUT2D eigenvalue weighted by Crippen LogP contribution is -2.39. The van der Waals surface area contributed by atoms with Crippen LogP contribution in [0.5, 0.6) is 0 Å². The molecule has 2 bridgehead atoms. The van der Waals surface area contributed by atoms with E-state index >= 15 is 0 Å². The Morgan fingerprint density at radius 2 is 1.66 bits per heavy atom. The predicted octanol–water partition coefficient (Wildman–Crippen LogP) is 3.33. The summed E-state index contributed by atoms with van der Waals surface area (Å²) in [6.07, 6.45) is 4.97. The number of carbonyl (C=O) groups is 3. The van der Waals surface area contributed by atoms with E-state index in [9.17, 15) is 14.4 Å². The Morgan fingerprint density at radius 3 is 2.41 bits per heavy atom. The number of allylic oxidation sites excluding steroid dienone is 2. The molecule has 3 amide bonds. The fourth-order valence-electron chi connectivity index (χ4n) is 5.27. The molecular formula is C23H18N2O4. The van der Waals surface area contributed by atoms with Gasteiger partial charge < -0.3 is 9.73 Å². The maximum Gasteiger partial charge on any atom is 0.244 e. The number of rotatable bonds is 3. The van der Waals surface area contributed by atoms with Crippen LogP contribution in [0.2, 0.25) is 0 Å². The summed E-state index contributed by atoms with van der Waals surface area (Å²) in [6.45, 7) is -0.248. The second kappa shape index (κ2) is 5.80. The molecule has 3 aliphatic rings. The van der Waals surface area contributed by atoms with Crippen molar-refractivity contribution in [2.75, 3.05) is 11.9 Å². The Hall–Kier alpha value is -3.41. The molecule has 1 aliphatic heterocycles. The Labute approximate surface area is 166 Å². The minimum atomic E-state index is -0.387. The van der Waals surface area contributed by atoms with Crippen LogP contribution in [0.25, 0.3) is 21.9 Å². The molecule has 6 rings (SSSR count). The van der Waals surface area contributed by atoms with Gasteiger partial charge in [0.1, 0.15) is 17.7 Å². The van der Waals surface area contributed by atoms with Gasteiger partial charge in [-0.25, -0.2) is 0 Å². The number of anilines is 1. The highest BCUT2D eigenvalue weighted by Crippen LogP contribution is 2.52. The number of furan rings is 1. The van der Waals surface area contributed by atoms with Gasteiger partial charge in [0.2, 0.25) is 17.7 Å². The molecule has 3 aromatic rings. The van der Waals surface area contributed by atoms with Crippen LogP contribution in [0, 0.1) is 23.7 Å². The molecule has 1 saturated heterocycles. The molecule has 4 atom stereocenters. The highest BCUT2D eigenvalue weighted by Gasteiger charge is 2.59. The van der Waals surface area contributed by atoms with Crippen LogP contribution in [-0.4, -0.2) is 29.2 Å². The number of benzene rings is 2. The third kappa shape index (κ3) is 2.32. The first-order valence-corrected chi connectivity index (χ1v) is 9.85. The molecule has 1 aromatic heterocycles. The number of amides is 3. The SMILES string of the molecule is O=C(CN1C(=O)[C@H]2[C@H](C1=O)[C@H]1C=C[C@H]2C1)Nc1ccc2c(c1)oc1ccccc12. The number of para-hydroxylation sites is 1. The molecule has 6 nitrogen and oxygen atoms in total. The molecule has 0 radical (unpaired) electrons. The molecule has 0 unspecified atom stereocenters. The van der Waals surface area contributed by atoms with E-state index in [1.165, 1.54) is 0 Å². The van der Waals surface area contributed by atoms with Gasteiger partial charge in [-0.2, -0.15) is 0 Å². The number of hydrogen-bond acceptors (Lipinski definition) is 4. The Bertz CT molecular complexity index is 1210. The largest absolute Gasteiger partial charge is 0.456 e. The smallest absolute Gasteiger partial charge is 0.244 e. The number of nitrogens with one attached hydrogen (secondary N) is 1.